The number of carboxylic acids is 1. The lowest BCUT2D eigenvalue weighted by Gasteiger charge is -2.15. The zero-order chi connectivity index (χ0) is 17.8. The van der Waals surface area contributed by atoms with Crippen molar-refractivity contribution in [3.63, 3.8) is 0 Å². The maximum atomic E-state index is 12.8. The van der Waals surface area contributed by atoms with Crippen LogP contribution in [0.15, 0.2) is 47.3 Å². The van der Waals surface area contributed by atoms with Gasteiger partial charge in [0.2, 0.25) is 0 Å². The molecule has 25 heavy (non-hydrogen) atoms. The molecule has 1 aromatic heterocycles. The highest BCUT2D eigenvalue weighted by Crippen LogP contribution is 2.23. The largest absolute Gasteiger partial charge is 0.497 e. The first-order valence-electron chi connectivity index (χ1n) is 8.43. The summed E-state index contributed by atoms with van der Waals surface area (Å²) in [6, 6.07) is 13.2. The number of pyridine rings is 1. The lowest BCUT2D eigenvalue weighted by atomic mass is 10.1. The molecule has 1 N–H and O–H groups in total. The number of methoxy groups -OCH3 is 1. The second-order valence-corrected chi connectivity index (χ2v) is 6.09. The van der Waals surface area contributed by atoms with Crippen molar-refractivity contribution in [2.24, 2.45) is 0 Å². The van der Waals surface area contributed by atoms with E-state index in [-0.39, 0.29) is 11.8 Å². The summed E-state index contributed by atoms with van der Waals surface area (Å²) in [6.07, 6.45) is 2.56. The Labute approximate surface area is 145 Å². The Morgan fingerprint density at radius 3 is 2.56 bits per heavy atom. The number of aryl methyl sites for hydroxylation is 1. The lowest BCUT2D eigenvalue weighted by molar-refractivity contribution is -0.137. The molecule has 0 aliphatic heterocycles. The van der Waals surface area contributed by atoms with Gasteiger partial charge in [-0.15, -0.1) is 0 Å². The van der Waals surface area contributed by atoms with Gasteiger partial charge in [0.1, 0.15) is 5.75 Å². The van der Waals surface area contributed by atoms with Crippen LogP contribution in [-0.4, -0.2) is 22.8 Å². The van der Waals surface area contributed by atoms with Gasteiger partial charge in [0.25, 0.3) is 0 Å². The number of nitrogens with zero attached hydrogens (tertiary/aromatic N) is 1. The molecule has 0 spiro atoms. The van der Waals surface area contributed by atoms with E-state index >= 15 is 0 Å². The van der Waals surface area contributed by atoms with Crippen molar-refractivity contribution < 1.29 is 14.6 Å². The Morgan fingerprint density at radius 1 is 1.04 bits per heavy atom. The van der Waals surface area contributed by atoms with Crippen LogP contribution >= 0.6 is 0 Å². The molecular weight excluding hydrogens is 318 g/mol. The van der Waals surface area contributed by atoms with Crippen LogP contribution in [0.3, 0.4) is 0 Å². The Kier molecular flexibility index (Phi) is 5.03. The molecule has 3 aromatic rings. The molecule has 5 heteroatoms. The minimum absolute atomic E-state index is 0.00614. The first-order chi connectivity index (χ1) is 12.1. The minimum Gasteiger partial charge on any atom is -0.497 e. The highest BCUT2D eigenvalue weighted by Gasteiger charge is 2.11. The Morgan fingerprint density at radius 2 is 1.80 bits per heavy atom. The number of benzene rings is 2. The van der Waals surface area contributed by atoms with E-state index in [1.807, 2.05) is 36.4 Å². The molecule has 0 bridgehead atoms. The van der Waals surface area contributed by atoms with E-state index in [1.54, 1.807) is 13.2 Å². The van der Waals surface area contributed by atoms with Crippen molar-refractivity contribution >= 4 is 27.8 Å². The van der Waals surface area contributed by atoms with Crippen LogP contribution < -0.4 is 10.2 Å². The number of unbranched alkanes of at least 4 members (excludes halogenated alkanes) is 2. The van der Waals surface area contributed by atoms with E-state index in [4.69, 9.17) is 9.84 Å². The van der Waals surface area contributed by atoms with E-state index in [9.17, 15) is 9.59 Å². The third kappa shape index (κ3) is 3.50. The van der Waals surface area contributed by atoms with Gasteiger partial charge in [-0.1, -0.05) is 18.6 Å². The van der Waals surface area contributed by atoms with E-state index in [0.29, 0.717) is 22.9 Å². The third-order valence-electron chi connectivity index (χ3n) is 4.45. The second kappa shape index (κ2) is 7.38. The number of hydrogen-bond acceptors (Lipinski definition) is 3. The first-order valence-corrected chi connectivity index (χ1v) is 8.43. The molecule has 0 aliphatic rings. The van der Waals surface area contributed by atoms with Gasteiger partial charge in [0, 0.05) is 23.7 Å². The zero-order valence-electron chi connectivity index (χ0n) is 14.2. The van der Waals surface area contributed by atoms with Crippen LogP contribution in [0.4, 0.5) is 0 Å². The summed E-state index contributed by atoms with van der Waals surface area (Å²) in [4.78, 5) is 23.5. The van der Waals surface area contributed by atoms with E-state index < -0.39 is 5.97 Å². The predicted molar refractivity (Wildman–Crippen MR) is 98.4 cm³/mol. The van der Waals surface area contributed by atoms with Crippen molar-refractivity contribution in [1.29, 1.82) is 0 Å². The lowest BCUT2D eigenvalue weighted by Crippen LogP contribution is -2.12. The molecule has 130 valence electrons. The van der Waals surface area contributed by atoms with Gasteiger partial charge < -0.3 is 14.4 Å². The molecule has 2 aromatic carbocycles. The summed E-state index contributed by atoms with van der Waals surface area (Å²) in [7, 11) is 1.59. The molecule has 0 amide bonds. The molecule has 0 fully saturated rings. The van der Waals surface area contributed by atoms with Gasteiger partial charge in [-0.3, -0.25) is 9.59 Å². The average molecular weight is 339 g/mol. The van der Waals surface area contributed by atoms with Gasteiger partial charge in [-0.05, 0) is 43.2 Å². The quantitative estimate of drug-likeness (QED) is 0.525. The number of aliphatic carboxylic acids is 1. The maximum absolute atomic E-state index is 12.8. The number of aromatic nitrogens is 1. The molecule has 0 unspecified atom stereocenters. The van der Waals surface area contributed by atoms with Gasteiger partial charge in [0.15, 0.2) is 5.43 Å². The topological polar surface area (TPSA) is 68.5 Å². The van der Waals surface area contributed by atoms with Crippen molar-refractivity contribution in [2.45, 2.75) is 32.2 Å². The van der Waals surface area contributed by atoms with Crippen LogP contribution in [0.5, 0.6) is 5.75 Å². The number of fused-ring (bicyclic) bond motifs is 2. The summed E-state index contributed by atoms with van der Waals surface area (Å²) < 4.78 is 7.41. The molecule has 0 radical (unpaired) electrons. The standard InChI is InChI=1S/C20H21NO4/c1-25-14-10-11-18-16(13-14)20(24)15-7-4-5-8-17(15)21(18)12-6-2-3-9-19(22)23/h4-5,7-8,10-11,13H,2-3,6,9,12H2,1H3,(H,22,23). The van der Waals surface area contributed by atoms with Crippen LogP contribution in [0.1, 0.15) is 25.7 Å². The smallest absolute Gasteiger partial charge is 0.303 e. The number of ether oxygens (including phenoxy) is 1. The monoisotopic (exact) mass is 339 g/mol. The normalized spacial score (nSPS) is 11.1. The van der Waals surface area contributed by atoms with Gasteiger partial charge in [0.05, 0.1) is 18.1 Å². The van der Waals surface area contributed by atoms with E-state index in [1.165, 1.54) is 0 Å². The van der Waals surface area contributed by atoms with Crippen LogP contribution in [0.2, 0.25) is 0 Å². The average Bonchev–Trinajstić information content (AvgIpc) is 2.63. The van der Waals surface area contributed by atoms with Crippen molar-refractivity contribution in [2.75, 3.05) is 7.11 Å². The Balaban J connectivity index is 2.03. The third-order valence-corrected chi connectivity index (χ3v) is 4.45. The summed E-state index contributed by atoms with van der Waals surface area (Å²) in [6.45, 7) is 0.739. The number of rotatable bonds is 7. The van der Waals surface area contributed by atoms with Crippen molar-refractivity contribution in [3.8, 4) is 5.75 Å². The molecule has 0 atom stereocenters. The predicted octanol–water partition coefficient (Wildman–Crippen LogP) is 3.81. The molecule has 0 saturated carbocycles. The number of carbonyl (C=O) groups is 1. The fourth-order valence-corrected chi connectivity index (χ4v) is 3.20. The Hall–Kier alpha value is -2.82. The molecule has 5 nitrogen and oxygen atoms in total. The molecular formula is C20H21NO4. The highest BCUT2D eigenvalue weighted by molar-refractivity contribution is 5.94. The van der Waals surface area contributed by atoms with Crippen LogP contribution in [0, 0.1) is 0 Å². The summed E-state index contributed by atoms with van der Waals surface area (Å²) >= 11 is 0. The maximum Gasteiger partial charge on any atom is 0.303 e. The molecule has 1 heterocycles. The minimum atomic E-state index is -0.758. The fraction of sp³-hybridized carbons (Fsp3) is 0.300. The van der Waals surface area contributed by atoms with E-state index in [0.717, 1.165) is 30.4 Å². The van der Waals surface area contributed by atoms with Crippen molar-refractivity contribution in [3.05, 3.63) is 52.7 Å². The number of carboxylic acid groups (broad SMARTS) is 1. The van der Waals surface area contributed by atoms with Gasteiger partial charge in [-0.2, -0.15) is 0 Å². The molecule has 3 rings (SSSR count). The van der Waals surface area contributed by atoms with Gasteiger partial charge in [-0.25, -0.2) is 0 Å². The molecule has 0 saturated heterocycles. The Bertz CT molecular complexity index is 974. The van der Waals surface area contributed by atoms with Crippen LogP contribution in [-0.2, 0) is 11.3 Å². The number of para-hydroxylation sites is 1. The van der Waals surface area contributed by atoms with Gasteiger partial charge >= 0.3 is 5.97 Å². The second-order valence-electron chi connectivity index (χ2n) is 6.09. The SMILES string of the molecule is COc1ccc2c(c1)c(=O)c1ccccc1n2CCCCCC(=O)O. The fourth-order valence-electron chi connectivity index (χ4n) is 3.20. The first kappa shape index (κ1) is 17.0. The zero-order valence-corrected chi connectivity index (χ0v) is 14.2. The van der Waals surface area contributed by atoms with Crippen LogP contribution in [0.25, 0.3) is 21.8 Å². The van der Waals surface area contributed by atoms with E-state index in [2.05, 4.69) is 4.57 Å². The summed E-state index contributed by atoms with van der Waals surface area (Å²) in [5.41, 5.74) is 1.79. The number of hydrogen-bond donors (Lipinski definition) is 1. The summed E-state index contributed by atoms with van der Waals surface area (Å²) in [5, 5.41) is 10.1. The molecule has 0 aliphatic carbocycles. The summed E-state index contributed by atoms with van der Waals surface area (Å²) in [5.74, 6) is -0.0979. The highest BCUT2D eigenvalue weighted by atomic mass is 16.5. The van der Waals surface area contributed by atoms with Crippen molar-refractivity contribution in [1.82, 2.24) is 4.57 Å².